The Kier molecular flexibility index (Phi) is 3.21. The van der Waals surface area contributed by atoms with Crippen molar-refractivity contribution in [3.05, 3.63) is 35.9 Å². The van der Waals surface area contributed by atoms with Crippen LogP contribution in [0.3, 0.4) is 0 Å². The Morgan fingerprint density at radius 1 is 1.44 bits per heavy atom. The summed E-state index contributed by atoms with van der Waals surface area (Å²) < 4.78 is 0. The van der Waals surface area contributed by atoms with Gasteiger partial charge in [0.2, 0.25) is 5.91 Å². The Morgan fingerprint density at radius 3 is 2.69 bits per heavy atom. The first kappa shape index (κ1) is 10.7. The van der Waals surface area contributed by atoms with Gasteiger partial charge in [0, 0.05) is 6.42 Å². The van der Waals surface area contributed by atoms with E-state index in [4.69, 9.17) is 5.26 Å². The van der Waals surface area contributed by atoms with Gasteiger partial charge in [0.1, 0.15) is 6.04 Å². The van der Waals surface area contributed by atoms with E-state index in [-0.39, 0.29) is 5.91 Å². The van der Waals surface area contributed by atoms with E-state index in [9.17, 15) is 4.79 Å². The van der Waals surface area contributed by atoms with Crippen LogP contribution in [-0.2, 0) is 4.79 Å². The Hall–Kier alpha value is -1.82. The Labute approximate surface area is 95.1 Å². The van der Waals surface area contributed by atoms with Gasteiger partial charge >= 0.3 is 0 Å². The van der Waals surface area contributed by atoms with Crippen LogP contribution in [0.5, 0.6) is 0 Å². The van der Waals surface area contributed by atoms with Gasteiger partial charge in [-0.3, -0.25) is 4.79 Å². The first-order valence-electron chi connectivity index (χ1n) is 5.53. The summed E-state index contributed by atoms with van der Waals surface area (Å²) in [5.41, 5.74) is 0.842. The van der Waals surface area contributed by atoms with Gasteiger partial charge in [0.25, 0.3) is 0 Å². The molecule has 0 heterocycles. The summed E-state index contributed by atoms with van der Waals surface area (Å²) in [5.74, 6) is 0.535. The van der Waals surface area contributed by atoms with Crippen molar-refractivity contribution in [3.8, 4) is 6.07 Å². The number of carbonyl (C=O) groups excluding carboxylic acids is 1. The van der Waals surface area contributed by atoms with E-state index in [2.05, 4.69) is 11.4 Å². The second-order valence-corrected chi connectivity index (χ2v) is 4.19. The number of hydrogen-bond acceptors (Lipinski definition) is 2. The number of rotatable bonds is 4. The predicted octanol–water partition coefficient (Wildman–Crippen LogP) is 2.17. The van der Waals surface area contributed by atoms with Crippen molar-refractivity contribution in [2.45, 2.75) is 25.3 Å². The van der Waals surface area contributed by atoms with Crippen molar-refractivity contribution in [2.75, 3.05) is 0 Å². The van der Waals surface area contributed by atoms with Crippen molar-refractivity contribution in [2.24, 2.45) is 5.92 Å². The minimum atomic E-state index is -0.521. The monoisotopic (exact) mass is 214 g/mol. The van der Waals surface area contributed by atoms with Crippen LogP contribution in [0.2, 0.25) is 0 Å². The molecule has 3 nitrogen and oxygen atoms in total. The van der Waals surface area contributed by atoms with E-state index >= 15 is 0 Å². The summed E-state index contributed by atoms with van der Waals surface area (Å²) in [5, 5.41) is 11.8. The average molecular weight is 214 g/mol. The van der Waals surface area contributed by atoms with Crippen LogP contribution in [0, 0.1) is 17.2 Å². The van der Waals surface area contributed by atoms with Crippen molar-refractivity contribution in [3.63, 3.8) is 0 Å². The smallest absolute Gasteiger partial charge is 0.221 e. The molecule has 1 atom stereocenters. The highest BCUT2D eigenvalue weighted by Gasteiger charge is 2.25. The Balaban J connectivity index is 1.95. The second-order valence-electron chi connectivity index (χ2n) is 4.19. The first-order chi connectivity index (χ1) is 7.79. The maximum Gasteiger partial charge on any atom is 0.221 e. The molecule has 1 N–H and O–H groups in total. The van der Waals surface area contributed by atoms with E-state index in [0.717, 1.165) is 18.4 Å². The lowest BCUT2D eigenvalue weighted by molar-refractivity contribution is -0.121. The number of carbonyl (C=O) groups is 1. The van der Waals surface area contributed by atoms with Crippen LogP contribution >= 0.6 is 0 Å². The fourth-order valence-electron chi connectivity index (χ4n) is 1.64. The molecular weight excluding hydrogens is 200 g/mol. The third kappa shape index (κ3) is 2.83. The molecule has 0 radical (unpaired) electrons. The standard InChI is InChI=1S/C13H14N2O/c14-9-12(11-4-2-1-3-5-11)15-13(16)8-10-6-7-10/h1-5,10,12H,6-8H2,(H,15,16). The van der Waals surface area contributed by atoms with Crippen LogP contribution in [-0.4, -0.2) is 5.91 Å². The SMILES string of the molecule is N#CC(NC(=O)CC1CC1)c1ccccc1. The third-order valence-corrected chi connectivity index (χ3v) is 2.74. The van der Waals surface area contributed by atoms with E-state index in [1.165, 1.54) is 0 Å². The summed E-state index contributed by atoms with van der Waals surface area (Å²) in [6.45, 7) is 0. The summed E-state index contributed by atoms with van der Waals surface area (Å²) in [7, 11) is 0. The molecule has 1 aliphatic carbocycles. The third-order valence-electron chi connectivity index (χ3n) is 2.74. The number of hydrogen-bond donors (Lipinski definition) is 1. The molecule has 0 saturated heterocycles. The zero-order chi connectivity index (χ0) is 11.4. The predicted molar refractivity (Wildman–Crippen MR) is 60.3 cm³/mol. The van der Waals surface area contributed by atoms with E-state index in [1.54, 1.807) is 0 Å². The van der Waals surface area contributed by atoms with Crippen LogP contribution < -0.4 is 5.32 Å². The van der Waals surface area contributed by atoms with Gasteiger partial charge in [0.15, 0.2) is 0 Å². The molecule has 1 saturated carbocycles. The molecule has 1 amide bonds. The highest BCUT2D eigenvalue weighted by molar-refractivity contribution is 5.77. The first-order valence-corrected chi connectivity index (χ1v) is 5.53. The minimum absolute atomic E-state index is 0.0158. The highest BCUT2D eigenvalue weighted by Crippen LogP contribution is 2.32. The molecule has 1 aliphatic rings. The molecule has 3 heteroatoms. The quantitative estimate of drug-likeness (QED) is 0.835. The van der Waals surface area contributed by atoms with Crippen LogP contribution in [0.1, 0.15) is 30.9 Å². The lowest BCUT2D eigenvalue weighted by Gasteiger charge is -2.11. The van der Waals surface area contributed by atoms with Gasteiger partial charge in [-0.2, -0.15) is 5.26 Å². The number of benzene rings is 1. The van der Waals surface area contributed by atoms with Gasteiger partial charge in [-0.1, -0.05) is 30.3 Å². The summed E-state index contributed by atoms with van der Waals surface area (Å²) in [6.07, 6.45) is 2.86. The molecular formula is C13H14N2O. The molecule has 82 valence electrons. The summed E-state index contributed by atoms with van der Waals surface area (Å²) in [6, 6.07) is 10.9. The summed E-state index contributed by atoms with van der Waals surface area (Å²) >= 11 is 0. The fraction of sp³-hybridized carbons (Fsp3) is 0.385. The van der Waals surface area contributed by atoms with Gasteiger partial charge in [0.05, 0.1) is 6.07 Å². The lowest BCUT2D eigenvalue weighted by atomic mass is 10.1. The zero-order valence-corrected chi connectivity index (χ0v) is 9.02. The number of nitrogens with one attached hydrogen (secondary N) is 1. The largest absolute Gasteiger partial charge is 0.337 e. The van der Waals surface area contributed by atoms with Crippen molar-refractivity contribution in [1.29, 1.82) is 5.26 Å². The number of amides is 1. The van der Waals surface area contributed by atoms with E-state index in [1.807, 2.05) is 30.3 Å². The van der Waals surface area contributed by atoms with Crippen LogP contribution in [0.15, 0.2) is 30.3 Å². The second kappa shape index (κ2) is 4.80. The fourth-order valence-corrected chi connectivity index (χ4v) is 1.64. The molecule has 0 aromatic heterocycles. The van der Waals surface area contributed by atoms with Crippen LogP contribution in [0.25, 0.3) is 0 Å². The molecule has 0 bridgehead atoms. The minimum Gasteiger partial charge on any atom is -0.337 e. The van der Waals surface area contributed by atoms with E-state index in [0.29, 0.717) is 12.3 Å². The average Bonchev–Trinajstić information content (AvgIpc) is 3.11. The molecule has 1 aromatic rings. The maximum absolute atomic E-state index is 11.6. The van der Waals surface area contributed by atoms with Crippen molar-refractivity contribution >= 4 is 5.91 Å². The van der Waals surface area contributed by atoms with Crippen molar-refractivity contribution < 1.29 is 4.79 Å². The van der Waals surface area contributed by atoms with E-state index < -0.39 is 6.04 Å². The molecule has 16 heavy (non-hydrogen) atoms. The Bertz CT molecular complexity index is 404. The number of nitriles is 1. The zero-order valence-electron chi connectivity index (χ0n) is 9.02. The van der Waals surface area contributed by atoms with Crippen molar-refractivity contribution in [1.82, 2.24) is 5.32 Å². The van der Waals surface area contributed by atoms with Gasteiger partial charge in [-0.15, -0.1) is 0 Å². The normalized spacial score (nSPS) is 16.2. The Morgan fingerprint density at radius 2 is 2.12 bits per heavy atom. The molecule has 1 fully saturated rings. The maximum atomic E-state index is 11.6. The molecule has 0 aliphatic heterocycles. The topological polar surface area (TPSA) is 52.9 Å². The highest BCUT2D eigenvalue weighted by atomic mass is 16.1. The lowest BCUT2D eigenvalue weighted by Crippen LogP contribution is -2.27. The van der Waals surface area contributed by atoms with Gasteiger partial charge in [-0.25, -0.2) is 0 Å². The summed E-state index contributed by atoms with van der Waals surface area (Å²) in [4.78, 5) is 11.6. The number of nitrogens with zero attached hydrogens (tertiary/aromatic N) is 1. The van der Waals surface area contributed by atoms with Gasteiger partial charge < -0.3 is 5.32 Å². The molecule has 0 spiro atoms. The van der Waals surface area contributed by atoms with Gasteiger partial charge in [-0.05, 0) is 24.3 Å². The molecule has 1 aromatic carbocycles. The molecule has 1 unspecified atom stereocenters. The van der Waals surface area contributed by atoms with Crippen LogP contribution in [0.4, 0.5) is 0 Å². The molecule has 2 rings (SSSR count).